The Morgan fingerprint density at radius 1 is 1.24 bits per heavy atom. The van der Waals surface area contributed by atoms with Crippen molar-refractivity contribution in [1.82, 2.24) is 10.3 Å². The molecule has 1 fully saturated rings. The number of aromatic nitrogens is 1. The molecule has 3 heteroatoms. The van der Waals surface area contributed by atoms with Gasteiger partial charge < -0.3 is 5.32 Å². The van der Waals surface area contributed by atoms with Crippen molar-refractivity contribution in [2.75, 3.05) is 6.54 Å². The first kappa shape index (κ1) is 14.7. The van der Waals surface area contributed by atoms with E-state index >= 15 is 0 Å². The molecule has 2 aromatic rings. The minimum absolute atomic E-state index is 0.0722. The number of rotatable bonds is 5. The Morgan fingerprint density at radius 2 is 2.00 bits per heavy atom. The number of hydrogen-bond donors (Lipinski definition) is 1. The quantitative estimate of drug-likeness (QED) is 0.867. The summed E-state index contributed by atoms with van der Waals surface area (Å²) in [7, 11) is 0. The van der Waals surface area contributed by atoms with Gasteiger partial charge >= 0.3 is 0 Å². The number of nitrogens with zero attached hydrogens (tertiary/aromatic N) is 1. The van der Waals surface area contributed by atoms with Crippen molar-refractivity contribution < 1.29 is 0 Å². The lowest BCUT2D eigenvalue weighted by atomic mass is 9.76. The van der Waals surface area contributed by atoms with Gasteiger partial charge in [0.1, 0.15) is 5.01 Å². The number of hydrogen-bond acceptors (Lipinski definition) is 3. The molecule has 3 rings (SSSR count). The molecule has 2 nitrogen and oxygen atoms in total. The molecule has 2 heterocycles. The highest BCUT2D eigenvalue weighted by Crippen LogP contribution is 2.41. The summed E-state index contributed by atoms with van der Waals surface area (Å²) >= 11 is 1.84. The topological polar surface area (TPSA) is 24.9 Å². The zero-order chi connectivity index (χ0) is 14.7. The Bertz CT molecular complexity index is 566. The van der Waals surface area contributed by atoms with E-state index in [0.29, 0.717) is 6.04 Å². The zero-order valence-electron chi connectivity index (χ0n) is 12.9. The smallest absolute Gasteiger partial charge is 0.103 e. The van der Waals surface area contributed by atoms with E-state index in [1.807, 2.05) is 11.3 Å². The number of benzene rings is 1. The van der Waals surface area contributed by atoms with Gasteiger partial charge in [-0.1, -0.05) is 44.2 Å². The summed E-state index contributed by atoms with van der Waals surface area (Å²) in [5.74, 6) is 0. The molecule has 1 N–H and O–H groups in total. The minimum Gasteiger partial charge on any atom is -0.309 e. The van der Waals surface area contributed by atoms with Gasteiger partial charge in [0.15, 0.2) is 0 Å². The molecule has 21 heavy (non-hydrogen) atoms. The molecule has 1 atom stereocenters. The van der Waals surface area contributed by atoms with Crippen molar-refractivity contribution in [1.29, 1.82) is 0 Å². The van der Waals surface area contributed by atoms with Crippen LogP contribution in [0, 0.1) is 0 Å². The van der Waals surface area contributed by atoms with Crippen LogP contribution in [0.2, 0.25) is 0 Å². The average molecular weight is 300 g/mol. The summed E-state index contributed by atoms with van der Waals surface area (Å²) in [6.07, 6.45) is 4.68. The lowest BCUT2D eigenvalue weighted by Crippen LogP contribution is -2.26. The van der Waals surface area contributed by atoms with Crippen LogP contribution >= 0.6 is 11.3 Å². The molecule has 1 aromatic carbocycles. The Kier molecular flexibility index (Phi) is 4.41. The molecule has 0 saturated carbocycles. The second-order valence-corrected chi connectivity index (χ2v) is 6.74. The van der Waals surface area contributed by atoms with Gasteiger partial charge in [-0.3, -0.25) is 0 Å². The van der Waals surface area contributed by atoms with E-state index in [0.717, 1.165) is 19.4 Å². The predicted molar refractivity (Wildman–Crippen MR) is 89.9 cm³/mol. The van der Waals surface area contributed by atoms with Crippen LogP contribution in [0.25, 0.3) is 0 Å². The van der Waals surface area contributed by atoms with Gasteiger partial charge in [-0.2, -0.15) is 0 Å². The molecule has 0 radical (unpaired) electrons. The third kappa shape index (κ3) is 2.65. The van der Waals surface area contributed by atoms with Gasteiger partial charge in [0.25, 0.3) is 0 Å². The molecule has 0 aliphatic carbocycles. The van der Waals surface area contributed by atoms with Gasteiger partial charge in [0.2, 0.25) is 0 Å². The molecule has 1 aliphatic rings. The summed E-state index contributed by atoms with van der Waals surface area (Å²) in [6, 6.07) is 11.3. The minimum atomic E-state index is 0.0722. The molecule has 0 spiro atoms. The summed E-state index contributed by atoms with van der Waals surface area (Å²) in [4.78, 5) is 5.04. The third-order valence-electron chi connectivity index (χ3n) is 4.88. The monoisotopic (exact) mass is 300 g/mol. The van der Waals surface area contributed by atoms with E-state index in [1.54, 1.807) is 0 Å². The Labute approximate surface area is 131 Å². The summed E-state index contributed by atoms with van der Waals surface area (Å²) in [5, 5.41) is 7.10. The van der Waals surface area contributed by atoms with E-state index in [2.05, 4.69) is 54.9 Å². The van der Waals surface area contributed by atoms with Crippen LogP contribution in [-0.2, 0) is 5.41 Å². The van der Waals surface area contributed by atoms with Gasteiger partial charge in [0, 0.05) is 10.8 Å². The highest BCUT2D eigenvalue weighted by atomic mass is 32.1. The van der Waals surface area contributed by atoms with Gasteiger partial charge in [-0.25, -0.2) is 4.98 Å². The maximum absolute atomic E-state index is 5.04. The maximum atomic E-state index is 5.04. The lowest BCUT2D eigenvalue weighted by molar-refractivity contribution is 0.472. The van der Waals surface area contributed by atoms with E-state index in [9.17, 15) is 0 Å². The standard InChI is InChI=1S/C18H24N2S/c1-3-18(4-2,14-9-6-5-7-10-14)17-20-16(13-21-17)15-11-8-12-19-15/h5-7,9-10,13,15,19H,3-4,8,11-12H2,1-2H3. The van der Waals surface area contributed by atoms with Crippen LogP contribution in [-0.4, -0.2) is 11.5 Å². The lowest BCUT2D eigenvalue weighted by Gasteiger charge is -2.30. The van der Waals surface area contributed by atoms with Crippen LogP contribution < -0.4 is 5.32 Å². The van der Waals surface area contributed by atoms with Crippen LogP contribution in [0.3, 0.4) is 0 Å². The van der Waals surface area contributed by atoms with Gasteiger partial charge in [-0.05, 0) is 37.8 Å². The predicted octanol–water partition coefficient (Wildman–Crippen LogP) is 4.67. The van der Waals surface area contributed by atoms with Crippen LogP contribution in [0.5, 0.6) is 0 Å². The molecular weight excluding hydrogens is 276 g/mol. The number of nitrogens with one attached hydrogen (secondary N) is 1. The van der Waals surface area contributed by atoms with Crippen molar-refractivity contribution in [2.45, 2.75) is 51.0 Å². The second kappa shape index (κ2) is 6.29. The Balaban J connectivity index is 1.98. The first-order chi connectivity index (χ1) is 10.3. The van der Waals surface area contributed by atoms with Crippen LogP contribution in [0.4, 0.5) is 0 Å². The highest BCUT2D eigenvalue weighted by molar-refractivity contribution is 7.09. The summed E-state index contributed by atoms with van der Waals surface area (Å²) < 4.78 is 0. The van der Waals surface area contributed by atoms with Gasteiger partial charge in [0.05, 0.1) is 11.7 Å². The SMILES string of the molecule is CCC(CC)(c1ccccc1)c1nc(C2CCCN2)cs1. The molecule has 1 unspecified atom stereocenters. The zero-order valence-corrected chi connectivity index (χ0v) is 13.7. The third-order valence-corrected chi connectivity index (χ3v) is 5.95. The molecule has 1 saturated heterocycles. The maximum Gasteiger partial charge on any atom is 0.103 e. The van der Waals surface area contributed by atoms with E-state index < -0.39 is 0 Å². The average Bonchev–Trinajstić information content (AvgIpc) is 3.22. The van der Waals surface area contributed by atoms with Crippen molar-refractivity contribution >= 4 is 11.3 Å². The molecule has 0 bridgehead atoms. The first-order valence-electron chi connectivity index (χ1n) is 8.05. The molecule has 1 aliphatic heterocycles. The summed E-state index contributed by atoms with van der Waals surface area (Å²) in [6.45, 7) is 5.69. The fourth-order valence-corrected chi connectivity index (χ4v) is 4.68. The Hall–Kier alpha value is -1.19. The van der Waals surface area contributed by atoms with Crippen molar-refractivity contribution in [2.24, 2.45) is 0 Å². The van der Waals surface area contributed by atoms with Crippen molar-refractivity contribution in [3.63, 3.8) is 0 Å². The molecule has 1 aromatic heterocycles. The van der Waals surface area contributed by atoms with Crippen molar-refractivity contribution in [3.8, 4) is 0 Å². The van der Waals surface area contributed by atoms with E-state index in [1.165, 1.54) is 29.1 Å². The fourth-order valence-electron chi connectivity index (χ4n) is 3.44. The largest absolute Gasteiger partial charge is 0.309 e. The van der Waals surface area contributed by atoms with E-state index in [-0.39, 0.29) is 5.41 Å². The second-order valence-electron chi connectivity index (χ2n) is 5.88. The van der Waals surface area contributed by atoms with E-state index in [4.69, 9.17) is 4.98 Å². The van der Waals surface area contributed by atoms with Gasteiger partial charge in [-0.15, -0.1) is 11.3 Å². The highest BCUT2D eigenvalue weighted by Gasteiger charge is 2.34. The molecular formula is C18H24N2S. The molecule has 112 valence electrons. The molecule has 0 amide bonds. The van der Waals surface area contributed by atoms with Crippen LogP contribution in [0.15, 0.2) is 35.7 Å². The van der Waals surface area contributed by atoms with Crippen molar-refractivity contribution in [3.05, 3.63) is 52.0 Å². The Morgan fingerprint density at radius 3 is 2.62 bits per heavy atom. The fraction of sp³-hybridized carbons (Fsp3) is 0.500. The first-order valence-corrected chi connectivity index (χ1v) is 8.93. The van der Waals surface area contributed by atoms with Crippen LogP contribution in [0.1, 0.15) is 61.8 Å². The summed E-state index contributed by atoms with van der Waals surface area (Å²) in [5.41, 5.74) is 2.72. The number of thiazole rings is 1. The normalized spacial score (nSPS) is 19.0.